The third-order valence-corrected chi connectivity index (χ3v) is 5.54. The molecule has 1 N–H and O–H groups in total. The lowest BCUT2D eigenvalue weighted by Gasteiger charge is -2.26. The average Bonchev–Trinajstić information content (AvgIpc) is 2.99. The zero-order valence-corrected chi connectivity index (χ0v) is 18.7. The molecule has 31 heavy (non-hydrogen) atoms. The third-order valence-electron chi connectivity index (χ3n) is 4.99. The van der Waals surface area contributed by atoms with Crippen molar-refractivity contribution in [3.05, 3.63) is 63.6 Å². The number of nitrogens with zero attached hydrogens (tertiary/aromatic N) is 2. The second-order valence-electron chi connectivity index (χ2n) is 7.49. The van der Waals surface area contributed by atoms with Gasteiger partial charge < -0.3 is 0 Å². The largest absolute Gasteiger partial charge is 0.274 e. The van der Waals surface area contributed by atoms with Gasteiger partial charge in [-0.2, -0.15) is 0 Å². The number of hydrazine groups is 1. The summed E-state index contributed by atoms with van der Waals surface area (Å²) in [7, 11) is 0. The minimum Gasteiger partial charge on any atom is -0.274 e. The molecular weight excluding hydrogens is 441 g/mol. The predicted molar refractivity (Wildman–Crippen MR) is 118 cm³/mol. The standard InChI is InChI=1S/C22H21Cl2N3O4/c1-12(2)14-4-7-16(8-5-14)26-20(29)11-19(22(26)31)27(13(3)28)25-21(30)17-9-6-15(23)10-18(17)24/h4-10,12,19H,11H2,1-3H3,(H,25,30). The van der Waals surface area contributed by atoms with Gasteiger partial charge in [-0.15, -0.1) is 0 Å². The molecule has 0 aliphatic carbocycles. The van der Waals surface area contributed by atoms with E-state index in [1.54, 1.807) is 12.1 Å². The first-order valence-corrected chi connectivity index (χ1v) is 10.4. The molecule has 1 saturated heterocycles. The van der Waals surface area contributed by atoms with E-state index in [4.69, 9.17) is 23.2 Å². The van der Waals surface area contributed by atoms with Crippen molar-refractivity contribution in [2.24, 2.45) is 0 Å². The van der Waals surface area contributed by atoms with E-state index >= 15 is 0 Å². The highest BCUT2D eigenvalue weighted by Crippen LogP contribution is 2.27. The summed E-state index contributed by atoms with van der Waals surface area (Å²) in [6, 6.07) is 10.2. The fraction of sp³-hybridized carbons (Fsp3) is 0.273. The first-order chi connectivity index (χ1) is 14.6. The van der Waals surface area contributed by atoms with Crippen LogP contribution in [0.4, 0.5) is 5.69 Å². The third kappa shape index (κ3) is 4.73. The van der Waals surface area contributed by atoms with E-state index in [-0.39, 0.29) is 17.0 Å². The molecule has 1 fully saturated rings. The van der Waals surface area contributed by atoms with Crippen LogP contribution in [0, 0.1) is 0 Å². The van der Waals surface area contributed by atoms with E-state index in [0.717, 1.165) is 15.5 Å². The maximum Gasteiger partial charge on any atom is 0.271 e. The lowest BCUT2D eigenvalue weighted by molar-refractivity contribution is -0.139. The quantitative estimate of drug-likeness (QED) is 0.551. The van der Waals surface area contributed by atoms with E-state index in [1.165, 1.54) is 25.1 Å². The highest BCUT2D eigenvalue weighted by atomic mass is 35.5. The Morgan fingerprint density at radius 1 is 1.10 bits per heavy atom. The lowest BCUT2D eigenvalue weighted by Crippen LogP contribution is -2.54. The van der Waals surface area contributed by atoms with Crippen LogP contribution in [0.5, 0.6) is 0 Å². The Hall–Kier alpha value is -2.90. The molecule has 2 aromatic rings. The second-order valence-corrected chi connectivity index (χ2v) is 8.33. The Morgan fingerprint density at radius 3 is 2.29 bits per heavy atom. The van der Waals surface area contributed by atoms with Gasteiger partial charge in [0.1, 0.15) is 6.04 Å². The van der Waals surface area contributed by atoms with Crippen LogP contribution in [0.25, 0.3) is 0 Å². The number of anilines is 1. The molecule has 3 rings (SSSR count). The van der Waals surface area contributed by atoms with Gasteiger partial charge in [-0.25, -0.2) is 9.91 Å². The van der Waals surface area contributed by atoms with Crippen LogP contribution in [-0.2, 0) is 14.4 Å². The van der Waals surface area contributed by atoms with Crippen molar-refractivity contribution in [1.82, 2.24) is 10.4 Å². The Balaban J connectivity index is 1.83. The van der Waals surface area contributed by atoms with Gasteiger partial charge in [-0.1, -0.05) is 49.2 Å². The highest BCUT2D eigenvalue weighted by Gasteiger charge is 2.44. The summed E-state index contributed by atoms with van der Waals surface area (Å²) in [4.78, 5) is 51.5. The summed E-state index contributed by atoms with van der Waals surface area (Å²) in [5, 5.41) is 1.31. The van der Waals surface area contributed by atoms with Crippen LogP contribution < -0.4 is 10.3 Å². The fourth-order valence-corrected chi connectivity index (χ4v) is 3.81. The molecule has 1 unspecified atom stereocenters. The molecule has 1 atom stereocenters. The van der Waals surface area contributed by atoms with Crippen LogP contribution in [0.3, 0.4) is 0 Å². The number of halogens is 2. The number of rotatable bonds is 4. The van der Waals surface area contributed by atoms with Gasteiger partial charge in [0.2, 0.25) is 11.8 Å². The summed E-state index contributed by atoms with van der Waals surface area (Å²) in [6.07, 6.45) is -0.251. The normalized spacial score (nSPS) is 16.1. The number of nitrogens with one attached hydrogen (secondary N) is 1. The van der Waals surface area contributed by atoms with Crippen molar-refractivity contribution in [2.75, 3.05) is 4.90 Å². The van der Waals surface area contributed by atoms with Crippen molar-refractivity contribution in [1.29, 1.82) is 0 Å². The summed E-state index contributed by atoms with van der Waals surface area (Å²) >= 11 is 11.9. The zero-order chi connectivity index (χ0) is 22.9. The smallest absolute Gasteiger partial charge is 0.271 e. The van der Waals surface area contributed by atoms with Crippen LogP contribution in [0.1, 0.15) is 49.0 Å². The highest BCUT2D eigenvalue weighted by molar-refractivity contribution is 6.36. The first-order valence-electron chi connectivity index (χ1n) is 9.62. The number of imide groups is 1. The number of carbonyl (C=O) groups excluding carboxylic acids is 4. The van der Waals surface area contributed by atoms with Gasteiger partial charge >= 0.3 is 0 Å². The zero-order valence-electron chi connectivity index (χ0n) is 17.2. The van der Waals surface area contributed by atoms with Gasteiger partial charge in [-0.05, 0) is 41.8 Å². The van der Waals surface area contributed by atoms with Gasteiger partial charge in [0.25, 0.3) is 11.8 Å². The maximum absolute atomic E-state index is 13.0. The molecule has 0 aromatic heterocycles. The molecule has 1 aliphatic rings. The van der Waals surface area contributed by atoms with Crippen LogP contribution in [0.15, 0.2) is 42.5 Å². The van der Waals surface area contributed by atoms with Crippen LogP contribution in [0.2, 0.25) is 10.0 Å². The molecule has 2 aromatic carbocycles. The molecule has 9 heteroatoms. The minimum atomic E-state index is -1.16. The van der Waals surface area contributed by atoms with E-state index in [1.807, 2.05) is 26.0 Å². The van der Waals surface area contributed by atoms with E-state index in [0.29, 0.717) is 16.6 Å². The van der Waals surface area contributed by atoms with Crippen molar-refractivity contribution in [3.63, 3.8) is 0 Å². The van der Waals surface area contributed by atoms with Crippen molar-refractivity contribution >= 4 is 52.5 Å². The lowest BCUT2D eigenvalue weighted by atomic mass is 10.0. The Morgan fingerprint density at radius 2 is 1.74 bits per heavy atom. The van der Waals surface area contributed by atoms with E-state index in [2.05, 4.69) is 5.43 Å². The molecule has 0 saturated carbocycles. The summed E-state index contributed by atoms with van der Waals surface area (Å²) in [5.74, 6) is -2.05. The fourth-order valence-electron chi connectivity index (χ4n) is 3.32. The average molecular weight is 462 g/mol. The Kier molecular flexibility index (Phi) is 6.67. The maximum atomic E-state index is 13.0. The number of hydrogen-bond donors (Lipinski definition) is 1. The van der Waals surface area contributed by atoms with Gasteiger partial charge in [0, 0.05) is 11.9 Å². The van der Waals surface area contributed by atoms with E-state index < -0.39 is 29.7 Å². The summed E-state index contributed by atoms with van der Waals surface area (Å²) in [5.41, 5.74) is 3.96. The molecule has 4 amide bonds. The number of amides is 4. The molecule has 0 bridgehead atoms. The van der Waals surface area contributed by atoms with Crippen LogP contribution in [-0.4, -0.2) is 34.7 Å². The molecule has 1 aliphatic heterocycles. The topological polar surface area (TPSA) is 86.8 Å². The summed E-state index contributed by atoms with van der Waals surface area (Å²) in [6.45, 7) is 5.27. The van der Waals surface area contributed by atoms with Gasteiger partial charge in [-0.3, -0.25) is 24.6 Å². The first kappa shape index (κ1) is 22.8. The molecule has 0 radical (unpaired) electrons. The van der Waals surface area contributed by atoms with Crippen molar-refractivity contribution in [3.8, 4) is 0 Å². The van der Waals surface area contributed by atoms with Crippen LogP contribution >= 0.6 is 23.2 Å². The van der Waals surface area contributed by atoms with Crippen molar-refractivity contribution < 1.29 is 19.2 Å². The molecule has 162 valence electrons. The Bertz CT molecular complexity index is 1050. The Labute approximate surface area is 189 Å². The van der Waals surface area contributed by atoms with Gasteiger partial charge in [0.15, 0.2) is 0 Å². The van der Waals surface area contributed by atoms with Gasteiger partial charge in [0.05, 0.1) is 22.7 Å². The SMILES string of the molecule is CC(=O)N(NC(=O)c1ccc(Cl)cc1Cl)C1CC(=O)N(c2ccc(C(C)C)cc2)C1=O. The van der Waals surface area contributed by atoms with E-state index in [9.17, 15) is 19.2 Å². The minimum absolute atomic E-state index is 0.0789. The summed E-state index contributed by atoms with van der Waals surface area (Å²) < 4.78 is 0. The molecular formula is C22H21Cl2N3O4. The predicted octanol–water partition coefficient (Wildman–Crippen LogP) is 3.94. The molecule has 0 spiro atoms. The number of benzene rings is 2. The second kappa shape index (κ2) is 9.08. The monoisotopic (exact) mass is 461 g/mol. The number of carbonyl (C=O) groups is 4. The molecule has 1 heterocycles. The number of hydrogen-bond acceptors (Lipinski definition) is 4. The molecule has 7 nitrogen and oxygen atoms in total. The van der Waals surface area contributed by atoms with Crippen molar-refractivity contribution in [2.45, 2.75) is 39.2 Å².